The number of carbonyl (C=O) groups is 1. The number of hydrogen-bond donors (Lipinski definition) is 1. The molecule has 0 fully saturated rings. The van der Waals surface area contributed by atoms with Crippen molar-refractivity contribution in [1.82, 2.24) is 4.98 Å². The molecule has 116 valence electrons. The van der Waals surface area contributed by atoms with E-state index in [9.17, 15) is 13.6 Å². The molecule has 0 aliphatic heterocycles. The van der Waals surface area contributed by atoms with Crippen LogP contribution in [0, 0.1) is 11.6 Å². The predicted molar refractivity (Wildman–Crippen MR) is 82.1 cm³/mol. The van der Waals surface area contributed by atoms with E-state index in [2.05, 4.69) is 10.3 Å². The zero-order valence-corrected chi connectivity index (χ0v) is 12.4. The summed E-state index contributed by atoms with van der Waals surface area (Å²) in [6, 6.07) is 4.68. The van der Waals surface area contributed by atoms with Crippen molar-refractivity contribution in [1.29, 1.82) is 0 Å². The number of halogens is 2. The maximum Gasteiger partial charge on any atom is 0.257 e. The molecule has 1 N–H and O–H groups in total. The topological polar surface area (TPSA) is 45.2 Å². The number of hydrogen-bond acceptors (Lipinski definition) is 3. The second kappa shape index (κ2) is 6.98. The molecular weight excluding hydrogens is 288 g/mol. The SMILES string of the molecule is CCN(CC)c1cncc(C(=O)Nc2ccc(F)cc2F)c1. The van der Waals surface area contributed by atoms with Crippen LogP contribution in [0.3, 0.4) is 0 Å². The Morgan fingerprint density at radius 1 is 1.18 bits per heavy atom. The lowest BCUT2D eigenvalue weighted by Gasteiger charge is -2.20. The monoisotopic (exact) mass is 305 g/mol. The molecule has 22 heavy (non-hydrogen) atoms. The van der Waals surface area contributed by atoms with E-state index in [1.54, 1.807) is 12.3 Å². The highest BCUT2D eigenvalue weighted by atomic mass is 19.1. The highest BCUT2D eigenvalue weighted by Gasteiger charge is 2.12. The smallest absolute Gasteiger partial charge is 0.257 e. The van der Waals surface area contributed by atoms with Crippen LogP contribution >= 0.6 is 0 Å². The van der Waals surface area contributed by atoms with Gasteiger partial charge in [-0.05, 0) is 32.0 Å². The Morgan fingerprint density at radius 3 is 2.55 bits per heavy atom. The van der Waals surface area contributed by atoms with Gasteiger partial charge < -0.3 is 10.2 Å². The molecule has 2 rings (SSSR count). The fraction of sp³-hybridized carbons (Fsp3) is 0.250. The molecule has 0 aliphatic carbocycles. The molecule has 0 atom stereocenters. The van der Waals surface area contributed by atoms with Gasteiger partial charge in [-0.1, -0.05) is 0 Å². The van der Waals surface area contributed by atoms with E-state index in [1.165, 1.54) is 12.3 Å². The van der Waals surface area contributed by atoms with Crippen LogP contribution in [0.4, 0.5) is 20.2 Å². The molecular formula is C16H17F2N3O. The lowest BCUT2D eigenvalue weighted by molar-refractivity contribution is 0.102. The first kappa shape index (κ1) is 15.9. The van der Waals surface area contributed by atoms with Gasteiger partial charge in [-0.2, -0.15) is 0 Å². The summed E-state index contributed by atoms with van der Waals surface area (Å²) < 4.78 is 26.4. The minimum Gasteiger partial charge on any atom is -0.371 e. The number of anilines is 2. The fourth-order valence-electron chi connectivity index (χ4n) is 2.10. The van der Waals surface area contributed by atoms with E-state index < -0.39 is 17.5 Å². The molecule has 1 aromatic heterocycles. The third-order valence-electron chi connectivity index (χ3n) is 3.29. The predicted octanol–water partition coefficient (Wildman–Crippen LogP) is 3.46. The van der Waals surface area contributed by atoms with Crippen molar-refractivity contribution in [2.24, 2.45) is 0 Å². The first-order valence-electron chi connectivity index (χ1n) is 7.01. The summed E-state index contributed by atoms with van der Waals surface area (Å²) >= 11 is 0. The van der Waals surface area contributed by atoms with Crippen molar-refractivity contribution >= 4 is 17.3 Å². The van der Waals surface area contributed by atoms with E-state index in [1.807, 2.05) is 18.7 Å². The van der Waals surface area contributed by atoms with Crippen molar-refractivity contribution in [3.63, 3.8) is 0 Å². The average molecular weight is 305 g/mol. The Balaban J connectivity index is 2.21. The largest absolute Gasteiger partial charge is 0.371 e. The van der Waals surface area contributed by atoms with Gasteiger partial charge in [0.2, 0.25) is 0 Å². The van der Waals surface area contributed by atoms with Gasteiger partial charge in [0, 0.05) is 25.4 Å². The summed E-state index contributed by atoms with van der Waals surface area (Å²) in [4.78, 5) is 18.3. The van der Waals surface area contributed by atoms with E-state index in [0.717, 1.165) is 30.9 Å². The summed E-state index contributed by atoms with van der Waals surface area (Å²) in [5.74, 6) is -2.01. The van der Waals surface area contributed by atoms with Gasteiger partial charge in [0.05, 0.1) is 23.1 Å². The summed E-state index contributed by atoms with van der Waals surface area (Å²) in [6.45, 7) is 5.58. The van der Waals surface area contributed by atoms with Crippen LogP contribution in [0.25, 0.3) is 0 Å². The van der Waals surface area contributed by atoms with Crippen LogP contribution in [0.5, 0.6) is 0 Å². The molecule has 1 heterocycles. The van der Waals surface area contributed by atoms with Crippen LogP contribution < -0.4 is 10.2 Å². The molecule has 0 aliphatic rings. The van der Waals surface area contributed by atoms with Gasteiger partial charge in [-0.3, -0.25) is 9.78 Å². The number of nitrogens with zero attached hydrogens (tertiary/aromatic N) is 2. The average Bonchev–Trinajstić information content (AvgIpc) is 2.51. The Bertz CT molecular complexity index is 672. The molecule has 0 bridgehead atoms. The maximum atomic E-state index is 13.6. The quantitative estimate of drug-likeness (QED) is 0.920. The zero-order valence-electron chi connectivity index (χ0n) is 12.4. The second-order valence-electron chi connectivity index (χ2n) is 4.68. The van der Waals surface area contributed by atoms with Crippen molar-refractivity contribution in [2.45, 2.75) is 13.8 Å². The highest BCUT2D eigenvalue weighted by Crippen LogP contribution is 2.18. The van der Waals surface area contributed by atoms with Crippen molar-refractivity contribution in [2.75, 3.05) is 23.3 Å². The van der Waals surface area contributed by atoms with Crippen molar-refractivity contribution in [3.05, 3.63) is 53.9 Å². The molecule has 2 aromatic rings. The number of aromatic nitrogens is 1. The Hall–Kier alpha value is -2.50. The van der Waals surface area contributed by atoms with E-state index >= 15 is 0 Å². The minimum atomic E-state index is -0.818. The Morgan fingerprint density at radius 2 is 1.91 bits per heavy atom. The van der Waals surface area contributed by atoms with E-state index in [4.69, 9.17) is 0 Å². The number of benzene rings is 1. The summed E-state index contributed by atoms with van der Waals surface area (Å²) in [7, 11) is 0. The molecule has 0 spiro atoms. The van der Waals surface area contributed by atoms with Crippen molar-refractivity contribution < 1.29 is 13.6 Å². The zero-order chi connectivity index (χ0) is 16.1. The van der Waals surface area contributed by atoms with Crippen LogP contribution in [0.2, 0.25) is 0 Å². The molecule has 4 nitrogen and oxygen atoms in total. The molecule has 1 amide bonds. The van der Waals surface area contributed by atoms with Crippen LogP contribution in [-0.2, 0) is 0 Å². The standard InChI is InChI=1S/C16H17F2N3O/c1-3-21(4-2)13-7-11(9-19-10-13)16(22)20-15-6-5-12(17)8-14(15)18/h5-10H,3-4H2,1-2H3,(H,20,22). The van der Waals surface area contributed by atoms with Gasteiger partial charge >= 0.3 is 0 Å². The van der Waals surface area contributed by atoms with Crippen LogP contribution in [0.15, 0.2) is 36.7 Å². The van der Waals surface area contributed by atoms with Crippen LogP contribution in [0.1, 0.15) is 24.2 Å². The van der Waals surface area contributed by atoms with Gasteiger partial charge in [0.15, 0.2) is 0 Å². The lowest BCUT2D eigenvalue weighted by Crippen LogP contribution is -2.22. The highest BCUT2D eigenvalue weighted by molar-refractivity contribution is 6.04. The van der Waals surface area contributed by atoms with Crippen molar-refractivity contribution in [3.8, 4) is 0 Å². The van der Waals surface area contributed by atoms with Gasteiger partial charge in [0.1, 0.15) is 11.6 Å². The Kier molecular flexibility index (Phi) is 5.04. The number of amides is 1. The van der Waals surface area contributed by atoms with E-state index in [0.29, 0.717) is 5.56 Å². The molecule has 1 aromatic carbocycles. The fourth-order valence-corrected chi connectivity index (χ4v) is 2.10. The first-order chi connectivity index (χ1) is 10.5. The summed E-state index contributed by atoms with van der Waals surface area (Å²) in [5, 5.41) is 2.42. The molecule has 0 unspecified atom stereocenters. The molecule has 6 heteroatoms. The Labute approximate surface area is 127 Å². The third kappa shape index (κ3) is 3.58. The molecule has 0 saturated carbocycles. The number of rotatable bonds is 5. The van der Waals surface area contributed by atoms with Crippen LogP contribution in [-0.4, -0.2) is 24.0 Å². The van der Waals surface area contributed by atoms with E-state index in [-0.39, 0.29) is 5.69 Å². The lowest BCUT2D eigenvalue weighted by atomic mass is 10.2. The number of nitrogens with one attached hydrogen (secondary N) is 1. The van der Waals surface area contributed by atoms with Gasteiger partial charge in [-0.25, -0.2) is 8.78 Å². The second-order valence-corrected chi connectivity index (χ2v) is 4.68. The van der Waals surface area contributed by atoms with Gasteiger partial charge in [-0.15, -0.1) is 0 Å². The van der Waals surface area contributed by atoms with Gasteiger partial charge in [0.25, 0.3) is 5.91 Å². The summed E-state index contributed by atoms with van der Waals surface area (Å²) in [5.41, 5.74) is 1.06. The summed E-state index contributed by atoms with van der Waals surface area (Å²) in [6.07, 6.45) is 3.08. The maximum absolute atomic E-state index is 13.6. The number of pyridine rings is 1. The molecule has 0 radical (unpaired) electrons. The molecule has 0 saturated heterocycles. The minimum absolute atomic E-state index is 0.0698. The number of carbonyl (C=O) groups excluding carboxylic acids is 1. The third-order valence-corrected chi connectivity index (χ3v) is 3.29. The first-order valence-corrected chi connectivity index (χ1v) is 7.01. The normalized spacial score (nSPS) is 10.4.